The van der Waals surface area contributed by atoms with Crippen LogP contribution < -0.4 is 0 Å². The van der Waals surface area contributed by atoms with Crippen LogP contribution in [-0.4, -0.2) is 42.4 Å². The van der Waals surface area contributed by atoms with Crippen molar-refractivity contribution in [1.82, 2.24) is 4.90 Å². The zero-order valence-corrected chi connectivity index (χ0v) is 15.5. The predicted molar refractivity (Wildman–Crippen MR) is 100 cm³/mol. The zero-order valence-electron chi connectivity index (χ0n) is 14.7. The van der Waals surface area contributed by atoms with Gasteiger partial charge in [-0.25, -0.2) is 0 Å². The third-order valence-electron chi connectivity index (χ3n) is 4.06. The Morgan fingerprint density at radius 1 is 1.42 bits per heavy atom. The molecule has 0 aromatic heterocycles. The average molecular weight is 346 g/mol. The molecule has 1 aliphatic heterocycles. The molecular weight excluding hydrogens is 318 g/mol. The first kappa shape index (κ1) is 18.9. The minimum absolute atomic E-state index is 0.209. The number of hydrogen-bond donors (Lipinski definition) is 0. The number of nitrogens with zero attached hydrogens (tertiary/aromatic N) is 1. The van der Waals surface area contributed by atoms with Crippen molar-refractivity contribution in [2.75, 3.05) is 26.3 Å². The molecule has 0 aliphatic carbocycles. The van der Waals surface area contributed by atoms with Crippen molar-refractivity contribution in [1.29, 1.82) is 0 Å². The minimum atomic E-state index is 0.209. The van der Waals surface area contributed by atoms with Crippen LogP contribution in [0.4, 0.5) is 0 Å². The van der Waals surface area contributed by atoms with E-state index < -0.39 is 0 Å². The number of terminal acetylenes is 1. The molecule has 1 heterocycles. The van der Waals surface area contributed by atoms with Gasteiger partial charge < -0.3 is 9.64 Å². The molecule has 1 aromatic carbocycles. The molecule has 24 heavy (non-hydrogen) atoms. The molecule has 4 heteroatoms. The van der Waals surface area contributed by atoms with E-state index in [0.717, 1.165) is 31.5 Å². The number of amides is 1. The molecule has 0 radical (unpaired) electrons. The van der Waals surface area contributed by atoms with Crippen molar-refractivity contribution in [3.63, 3.8) is 0 Å². The third-order valence-corrected chi connectivity index (χ3v) is 5.08. The fourth-order valence-electron chi connectivity index (χ4n) is 2.96. The van der Waals surface area contributed by atoms with Crippen LogP contribution in [0.5, 0.6) is 0 Å². The summed E-state index contributed by atoms with van der Waals surface area (Å²) in [4.78, 5) is 15.8. The van der Waals surface area contributed by atoms with Crippen LogP contribution in [0.1, 0.15) is 32.3 Å². The van der Waals surface area contributed by atoms with E-state index >= 15 is 0 Å². The van der Waals surface area contributed by atoms with Crippen LogP contribution in [0.15, 0.2) is 29.2 Å². The highest BCUT2D eigenvalue weighted by Crippen LogP contribution is 2.23. The second-order valence-electron chi connectivity index (χ2n) is 6.55. The highest BCUT2D eigenvalue weighted by Gasteiger charge is 2.23. The Balaban J connectivity index is 1.84. The van der Waals surface area contributed by atoms with E-state index in [1.54, 1.807) is 0 Å². The first-order chi connectivity index (χ1) is 11.6. The lowest BCUT2D eigenvalue weighted by atomic mass is 9.98. The van der Waals surface area contributed by atoms with Crippen LogP contribution in [0.3, 0.4) is 0 Å². The normalized spacial score (nSPS) is 17.8. The van der Waals surface area contributed by atoms with Crippen molar-refractivity contribution in [2.45, 2.75) is 43.3 Å². The topological polar surface area (TPSA) is 29.5 Å². The van der Waals surface area contributed by atoms with Crippen molar-refractivity contribution in [3.05, 3.63) is 29.8 Å². The lowest BCUT2D eigenvalue weighted by Crippen LogP contribution is -2.42. The zero-order chi connectivity index (χ0) is 17.4. The number of likely N-dealkylation sites (tertiary alicyclic amines) is 1. The quantitative estimate of drug-likeness (QED) is 0.429. The van der Waals surface area contributed by atoms with E-state index in [-0.39, 0.29) is 5.91 Å². The number of thioether (sulfide) groups is 1. The van der Waals surface area contributed by atoms with Gasteiger partial charge in [0.1, 0.15) is 6.61 Å². The summed E-state index contributed by atoms with van der Waals surface area (Å²) in [5.41, 5.74) is 1.08. The number of piperidine rings is 1. The van der Waals surface area contributed by atoms with Crippen LogP contribution in [-0.2, 0) is 16.0 Å². The Labute approximate surface area is 150 Å². The van der Waals surface area contributed by atoms with Gasteiger partial charge in [-0.3, -0.25) is 4.79 Å². The molecule has 0 N–H and O–H groups in total. The first-order valence-corrected chi connectivity index (χ1v) is 9.51. The van der Waals surface area contributed by atoms with Gasteiger partial charge in [-0.15, -0.1) is 18.2 Å². The van der Waals surface area contributed by atoms with Crippen molar-refractivity contribution in [2.24, 2.45) is 5.92 Å². The molecule has 0 saturated carbocycles. The van der Waals surface area contributed by atoms with Gasteiger partial charge in [0, 0.05) is 23.2 Å². The van der Waals surface area contributed by atoms with Crippen LogP contribution in [0.25, 0.3) is 0 Å². The molecule has 2 rings (SSSR count). The van der Waals surface area contributed by atoms with Gasteiger partial charge in [0.2, 0.25) is 5.91 Å². The van der Waals surface area contributed by atoms with Gasteiger partial charge in [-0.2, -0.15) is 0 Å². The fraction of sp³-hybridized carbons (Fsp3) is 0.550. The summed E-state index contributed by atoms with van der Waals surface area (Å²) in [5, 5.41) is 0.569. The predicted octanol–water partition coefficient (Wildman–Crippen LogP) is 3.62. The minimum Gasteiger partial charge on any atom is -0.368 e. The number of rotatable bonds is 7. The van der Waals surface area contributed by atoms with Gasteiger partial charge in [0.05, 0.1) is 13.0 Å². The lowest BCUT2D eigenvalue weighted by Gasteiger charge is -2.32. The molecule has 1 fully saturated rings. The standard InChI is InChI=1S/C20H27NO2S/c1-4-12-23-15-18-6-5-11-21(14-18)20(22)13-17-7-9-19(10-8-17)24-16(2)3/h1,7-10,16,18H,5-6,11-15H2,2-3H3. The summed E-state index contributed by atoms with van der Waals surface area (Å²) in [5.74, 6) is 3.10. The summed E-state index contributed by atoms with van der Waals surface area (Å²) in [6.07, 6.45) is 7.83. The van der Waals surface area contributed by atoms with Crippen molar-refractivity contribution < 1.29 is 9.53 Å². The molecule has 1 aromatic rings. The van der Waals surface area contributed by atoms with Gasteiger partial charge in [-0.1, -0.05) is 31.9 Å². The number of ether oxygens (including phenoxy) is 1. The van der Waals surface area contributed by atoms with Gasteiger partial charge >= 0.3 is 0 Å². The smallest absolute Gasteiger partial charge is 0.226 e. The summed E-state index contributed by atoms with van der Waals surface area (Å²) in [7, 11) is 0. The Kier molecular flexibility index (Phi) is 7.68. The van der Waals surface area contributed by atoms with Crippen LogP contribution in [0, 0.1) is 18.3 Å². The second-order valence-corrected chi connectivity index (χ2v) is 8.20. The maximum absolute atomic E-state index is 12.6. The average Bonchev–Trinajstić information content (AvgIpc) is 2.57. The fourth-order valence-corrected chi connectivity index (χ4v) is 3.79. The molecule has 1 atom stereocenters. The van der Waals surface area contributed by atoms with Gasteiger partial charge in [0.15, 0.2) is 0 Å². The highest BCUT2D eigenvalue weighted by molar-refractivity contribution is 7.99. The van der Waals surface area contributed by atoms with Crippen molar-refractivity contribution in [3.8, 4) is 12.3 Å². The molecule has 1 saturated heterocycles. The van der Waals surface area contributed by atoms with Crippen molar-refractivity contribution >= 4 is 17.7 Å². The Hall–Kier alpha value is -1.44. The summed E-state index contributed by atoms with van der Waals surface area (Å²) in [6.45, 7) is 7.00. The van der Waals surface area contributed by atoms with E-state index in [9.17, 15) is 4.79 Å². The number of carbonyl (C=O) groups is 1. The summed E-state index contributed by atoms with van der Waals surface area (Å²) < 4.78 is 5.44. The van der Waals surface area contributed by atoms with E-state index in [1.807, 2.05) is 16.7 Å². The molecule has 1 aliphatic rings. The maximum Gasteiger partial charge on any atom is 0.226 e. The molecule has 1 amide bonds. The van der Waals surface area contributed by atoms with E-state index in [1.165, 1.54) is 4.90 Å². The van der Waals surface area contributed by atoms with Crippen LogP contribution >= 0.6 is 11.8 Å². The summed E-state index contributed by atoms with van der Waals surface area (Å²) >= 11 is 1.84. The molecule has 0 spiro atoms. The van der Waals surface area contributed by atoms with E-state index in [0.29, 0.717) is 30.8 Å². The third kappa shape index (κ3) is 6.22. The molecule has 3 nitrogen and oxygen atoms in total. The second kappa shape index (κ2) is 9.76. The number of benzene rings is 1. The highest BCUT2D eigenvalue weighted by atomic mass is 32.2. The SMILES string of the molecule is C#CCOCC1CCCN(C(=O)Cc2ccc(SC(C)C)cc2)C1. The monoisotopic (exact) mass is 345 g/mol. The molecule has 1 unspecified atom stereocenters. The van der Waals surface area contributed by atoms with Gasteiger partial charge in [-0.05, 0) is 36.5 Å². The first-order valence-electron chi connectivity index (χ1n) is 8.63. The number of hydrogen-bond acceptors (Lipinski definition) is 3. The van der Waals surface area contributed by atoms with E-state index in [4.69, 9.17) is 11.2 Å². The molecular formula is C20H27NO2S. The maximum atomic E-state index is 12.6. The Bertz CT molecular complexity index is 562. The Morgan fingerprint density at radius 3 is 2.83 bits per heavy atom. The Morgan fingerprint density at radius 2 is 2.17 bits per heavy atom. The van der Waals surface area contributed by atoms with Crippen LogP contribution in [0.2, 0.25) is 0 Å². The van der Waals surface area contributed by atoms with E-state index in [2.05, 4.69) is 44.0 Å². The lowest BCUT2D eigenvalue weighted by molar-refractivity contribution is -0.132. The number of carbonyl (C=O) groups excluding carboxylic acids is 1. The summed E-state index contributed by atoms with van der Waals surface area (Å²) in [6, 6.07) is 8.36. The van der Waals surface area contributed by atoms with Gasteiger partial charge in [0.25, 0.3) is 0 Å². The molecule has 130 valence electrons. The molecule has 0 bridgehead atoms. The largest absolute Gasteiger partial charge is 0.368 e.